The molecule has 0 aliphatic rings. The van der Waals surface area contributed by atoms with E-state index in [0.29, 0.717) is 0 Å². The minimum Gasteiger partial charge on any atom is -0.305 e. The third-order valence-electron chi connectivity index (χ3n) is 2.05. The summed E-state index contributed by atoms with van der Waals surface area (Å²) in [5, 5.41) is 5.58. The molecular weight excluding hydrogens is 292 g/mol. The second-order valence-electron chi connectivity index (χ2n) is 3.03. The van der Waals surface area contributed by atoms with Crippen molar-refractivity contribution in [2.75, 3.05) is 6.54 Å². The van der Waals surface area contributed by atoms with Gasteiger partial charge in [0.2, 0.25) is 0 Å². The predicted molar refractivity (Wildman–Crippen MR) is 69.7 cm³/mol. The van der Waals surface area contributed by atoms with Crippen LogP contribution in [0.25, 0.3) is 0 Å². The number of aromatic nitrogens is 1. The molecule has 2 rings (SSSR count). The predicted octanol–water partition coefficient (Wildman–Crippen LogP) is 3.67. The van der Waals surface area contributed by atoms with Crippen molar-refractivity contribution >= 4 is 38.6 Å². The summed E-state index contributed by atoms with van der Waals surface area (Å²) in [7, 11) is 0. The van der Waals surface area contributed by atoms with Crippen LogP contribution in [0, 0.1) is 0 Å². The van der Waals surface area contributed by atoms with E-state index in [9.17, 15) is 0 Å². The fraction of sp³-hybridized carbons (Fsp3) is 0.300. The molecule has 15 heavy (non-hydrogen) atoms. The van der Waals surface area contributed by atoms with Crippen molar-refractivity contribution < 1.29 is 0 Å². The number of halogens is 1. The van der Waals surface area contributed by atoms with Crippen molar-refractivity contribution in [3.05, 3.63) is 37.4 Å². The Morgan fingerprint density at radius 2 is 2.40 bits per heavy atom. The first-order chi connectivity index (χ1) is 7.33. The molecule has 0 radical (unpaired) electrons. The highest BCUT2D eigenvalue weighted by Crippen LogP contribution is 2.34. The van der Waals surface area contributed by atoms with E-state index in [0.717, 1.165) is 6.54 Å². The molecule has 0 aromatic carbocycles. The van der Waals surface area contributed by atoms with Gasteiger partial charge in [-0.15, -0.1) is 22.7 Å². The molecule has 2 aromatic rings. The maximum atomic E-state index is 4.13. The summed E-state index contributed by atoms with van der Waals surface area (Å²) in [5.74, 6) is 0. The number of nitrogens with one attached hydrogen (secondary N) is 1. The SMILES string of the molecule is CCNC(c1cncs1)c1sccc1Br. The van der Waals surface area contributed by atoms with Gasteiger partial charge in [-0.2, -0.15) is 0 Å². The van der Waals surface area contributed by atoms with Gasteiger partial charge in [0.15, 0.2) is 0 Å². The van der Waals surface area contributed by atoms with Gasteiger partial charge in [0, 0.05) is 20.4 Å². The Kier molecular flexibility index (Phi) is 3.91. The molecule has 0 aliphatic carbocycles. The third-order valence-corrected chi connectivity index (χ3v) is 4.83. The summed E-state index contributed by atoms with van der Waals surface area (Å²) in [4.78, 5) is 6.72. The van der Waals surface area contributed by atoms with Crippen LogP contribution >= 0.6 is 38.6 Å². The molecule has 5 heteroatoms. The molecule has 0 bridgehead atoms. The smallest absolute Gasteiger partial charge is 0.0795 e. The largest absolute Gasteiger partial charge is 0.305 e. The highest BCUT2D eigenvalue weighted by Gasteiger charge is 2.18. The van der Waals surface area contributed by atoms with Gasteiger partial charge in [0.05, 0.1) is 11.6 Å². The number of hydrogen-bond acceptors (Lipinski definition) is 4. The topological polar surface area (TPSA) is 24.9 Å². The lowest BCUT2D eigenvalue weighted by molar-refractivity contribution is 0.646. The molecule has 80 valence electrons. The van der Waals surface area contributed by atoms with Gasteiger partial charge in [-0.25, -0.2) is 0 Å². The maximum absolute atomic E-state index is 4.13. The monoisotopic (exact) mass is 302 g/mol. The summed E-state index contributed by atoms with van der Waals surface area (Å²) < 4.78 is 1.17. The van der Waals surface area contributed by atoms with Gasteiger partial charge < -0.3 is 5.32 Å². The summed E-state index contributed by atoms with van der Waals surface area (Å²) in [5.41, 5.74) is 1.88. The Morgan fingerprint density at radius 3 is 2.93 bits per heavy atom. The minimum absolute atomic E-state index is 0.275. The molecule has 1 N–H and O–H groups in total. The average Bonchev–Trinajstić information content (AvgIpc) is 2.85. The van der Waals surface area contributed by atoms with Crippen LogP contribution in [0.3, 0.4) is 0 Å². The lowest BCUT2D eigenvalue weighted by Crippen LogP contribution is -2.20. The van der Waals surface area contributed by atoms with E-state index < -0.39 is 0 Å². The molecule has 0 fully saturated rings. The molecule has 0 amide bonds. The van der Waals surface area contributed by atoms with Gasteiger partial charge >= 0.3 is 0 Å². The molecule has 2 heterocycles. The van der Waals surface area contributed by atoms with Crippen LogP contribution in [0.5, 0.6) is 0 Å². The van der Waals surface area contributed by atoms with Crippen LogP contribution in [0.15, 0.2) is 27.6 Å². The van der Waals surface area contributed by atoms with Crippen LogP contribution in [0.1, 0.15) is 22.7 Å². The number of thiophene rings is 1. The van der Waals surface area contributed by atoms with Crippen molar-refractivity contribution in [2.45, 2.75) is 13.0 Å². The van der Waals surface area contributed by atoms with Crippen LogP contribution in [0.4, 0.5) is 0 Å². The number of hydrogen-bond donors (Lipinski definition) is 1. The fourth-order valence-corrected chi connectivity index (χ4v) is 3.88. The van der Waals surface area contributed by atoms with Crippen molar-refractivity contribution in [3.63, 3.8) is 0 Å². The van der Waals surface area contributed by atoms with Gasteiger partial charge in [-0.05, 0) is 33.9 Å². The Morgan fingerprint density at radius 1 is 1.53 bits per heavy atom. The van der Waals surface area contributed by atoms with Gasteiger partial charge in [-0.1, -0.05) is 6.92 Å². The van der Waals surface area contributed by atoms with E-state index in [1.54, 1.807) is 22.7 Å². The second kappa shape index (κ2) is 5.21. The zero-order valence-electron chi connectivity index (χ0n) is 8.24. The lowest BCUT2D eigenvalue weighted by atomic mass is 10.2. The van der Waals surface area contributed by atoms with Gasteiger partial charge in [0.1, 0.15) is 0 Å². The van der Waals surface area contributed by atoms with E-state index in [4.69, 9.17) is 0 Å². The first-order valence-corrected chi connectivity index (χ1v) is 7.22. The molecular formula is C10H11BrN2S2. The zero-order chi connectivity index (χ0) is 10.7. The average molecular weight is 303 g/mol. The van der Waals surface area contributed by atoms with E-state index in [1.807, 2.05) is 11.7 Å². The summed E-state index contributed by atoms with van der Waals surface area (Å²) >= 11 is 7.03. The second-order valence-corrected chi connectivity index (χ2v) is 5.75. The van der Waals surface area contributed by atoms with E-state index >= 15 is 0 Å². The van der Waals surface area contributed by atoms with Crippen LogP contribution in [-0.4, -0.2) is 11.5 Å². The highest BCUT2D eigenvalue weighted by atomic mass is 79.9. The minimum atomic E-state index is 0.275. The van der Waals surface area contributed by atoms with Gasteiger partial charge in [0.25, 0.3) is 0 Å². The lowest BCUT2D eigenvalue weighted by Gasteiger charge is -2.14. The van der Waals surface area contributed by atoms with Crippen molar-refractivity contribution in [1.82, 2.24) is 10.3 Å². The van der Waals surface area contributed by atoms with Crippen molar-refractivity contribution in [2.24, 2.45) is 0 Å². The molecule has 1 unspecified atom stereocenters. The zero-order valence-corrected chi connectivity index (χ0v) is 11.5. The van der Waals surface area contributed by atoms with Crippen molar-refractivity contribution in [1.29, 1.82) is 0 Å². The summed E-state index contributed by atoms with van der Waals surface area (Å²) in [6.07, 6.45) is 1.93. The quantitative estimate of drug-likeness (QED) is 0.932. The molecule has 2 aromatic heterocycles. The molecule has 0 aliphatic heterocycles. The third kappa shape index (κ3) is 2.47. The molecule has 0 saturated heterocycles. The Labute approximate surface area is 106 Å². The van der Waals surface area contributed by atoms with Crippen molar-refractivity contribution in [3.8, 4) is 0 Å². The van der Waals surface area contributed by atoms with Crippen LogP contribution in [0.2, 0.25) is 0 Å². The van der Waals surface area contributed by atoms with E-state index in [1.165, 1.54) is 14.2 Å². The van der Waals surface area contributed by atoms with E-state index in [-0.39, 0.29) is 6.04 Å². The molecule has 2 nitrogen and oxygen atoms in total. The number of thiazole rings is 1. The van der Waals surface area contributed by atoms with Crippen LogP contribution < -0.4 is 5.32 Å². The fourth-order valence-electron chi connectivity index (χ4n) is 1.41. The normalized spacial score (nSPS) is 12.9. The molecule has 1 atom stereocenters. The Bertz CT molecular complexity index is 411. The Hall–Kier alpha value is -0.230. The first-order valence-electron chi connectivity index (χ1n) is 4.67. The first kappa shape index (κ1) is 11.3. The van der Waals surface area contributed by atoms with Crippen LogP contribution in [-0.2, 0) is 0 Å². The molecule has 0 spiro atoms. The standard InChI is InChI=1S/C10H11BrN2S2/c1-2-13-9(8-5-12-6-15-8)10-7(11)3-4-14-10/h3-6,9,13H,2H2,1H3. The summed E-state index contributed by atoms with van der Waals surface area (Å²) in [6.45, 7) is 3.07. The highest BCUT2D eigenvalue weighted by molar-refractivity contribution is 9.10. The van der Waals surface area contributed by atoms with Gasteiger partial charge in [-0.3, -0.25) is 4.98 Å². The van der Waals surface area contributed by atoms with E-state index in [2.05, 4.69) is 44.6 Å². The maximum Gasteiger partial charge on any atom is 0.0795 e. The number of rotatable bonds is 4. The number of nitrogens with zero attached hydrogens (tertiary/aromatic N) is 1. The Balaban J connectivity index is 2.32. The molecule has 0 saturated carbocycles. The summed E-state index contributed by atoms with van der Waals surface area (Å²) in [6, 6.07) is 2.36.